The molecule has 0 radical (unpaired) electrons. The van der Waals surface area contributed by atoms with Crippen molar-refractivity contribution in [2.24, 2.45) is 0 Å². The third-order valence-corrected chi connectivity index (χ3v) is 6.81. The molecule has 0 aliphatic carbocycles. The Labute approximate surface area is 189 Å². The minimum atomic E-state index is 0.532. The third-order valence-electron chi connectivity index (χ3n) is 6.81. The van der Waals surface area contributed by atoms with Crippen LogP contribution in [-0.2, 0) is 6.42 Å². The molecule has 1 unspecified atom stereocenters. The number of benzene rings is 1. The Kier molecular flexibility index (Phi) is 16.9. The first-order chi connectivity index (χ1) is 14.7. The normalized spacial score (nSPS) is 12.4. The summed E-state index contributed by atoms with van der Waals surface area (Å²) in [6.07, 6.45) is 25.3. The Morgan fingerprint density at radius 2 is 1.13 bits per heavy atom. The van der Waals surface area contributed by atoms with Crippen molar-refractivity contribution in [3.05, 3.63) is 29.3 Å². The second-order valence-corrected chi connectivity index (χ2v) is 9.44. The molecule has 1 aromatic rings. The number of unbranched alkanes of at least 4 members (excludes halogenated alkanes) is 14. The van der Waals surface area contributed by atoms with Gasteiger partial charge in [0.15, 0.2) is 0 Å². The van der Waals surface area contributed by atoms with Crippen molar-refractivity contribution in [2.45, 2.75) is 149 Å². The highest BCUT2D eigenvalue weighted by molar-refractivity contribution is 5.41. The maximum absolute atomic E-state index is 10.5. The second kappa shape index (κ2) is 18.8. The van der Waals surface area contributed by atoms with Gasteiger partial charge in [-0.15, -0.1) is 0 Å². The zero-order chi connectivity index (χ0) is 21.9. The van der Waals surface area contributed by atoms with Gasteiger partial charge < -0.3 is 5.11 Å². The van der Waals surface area contributed by atoms with Gasteiger partial charge in [-0.3, -0.25) is 0 Å². The van der Waals surface area contributed by atoms with Gasteiger partial charge in [0.25, 0.3) is 0 Å². The van der Waals surface area contributed by atoms with Crippen LogP contribution in [0.25, 0.3) is 0 Å². The topological polar surface area (TPSA) is 20.2 Å². The summed E-state index contributed by atoms with van der Waals surface area (Å²) in [5.41, 5.74) is 2.68. The molecule has 30 heavy (non-hydrogen) atoms. The average molecular weight is 417 g/mol. The van der Waals surface area contributed by atoms with Crippen LogP contribution in [0.5, 0.6) is 5.75 Å². The summed E-state index contributed by atoms with van der Waals surface area (Å²) in [5.74, 6) is 1.14. The molecule has 1 nitrogen and oxygen atoms in total. The van der Waals surface area contributed by atoms with Crippen molar-refractivity contribution in [3.8, 4) is 5.75 Å². The fourth-order valence-electron chi connectivity index (χ4n) is 4.79. The van der Waals surface area contributed by atoms with Crippen molar-refractivity contribution in [3.63, 3.8) is 0 Å². The monoisotopic (exact) mass is 416 g/mol. The molecule has 1 rings (SSSR count). The third kappa shape index (κ3) is 12.0. The molecule has 1 heteroatoms. The van der Waals surface area contributed by atoms with Gasteiger partial charge in [-0.1, -0.05) is 129 Å². The van der Waals surface area contributed by atoms with E-state index in [9.17, 15) is 5.11 Å². The minimum absolute atomic E-state index is 0.532. The number of rotatable bonds is 20. The first-order valence-corrected chi connectivity index (χ1v) is 13.5. The van der Waals surface area contributed by atoms with Crippen LogP contribution < -0.4 is 0 Å². The van der Waals surface area contributed by atoms with Crippen LogP contribution in [0.1, 0.15) is 153 Å². The Morgan fingerprint density at radius 1 is 0.633 bits per heavy atom. The largest absolute Gasteiger partial charge is 0.508 e. The van der Waals surface area contributed by atoms with Crippen LogP contribution in [-0.4, -0.2) is 5.11 Å². The highest BCUT2D eigenvalue weighted by atomic mass is 16.3. The van der Waals surface area contributed by atoms with Gasteiger partial charge in [-0.25, -0.2) is 0 Å². The van der Waals surface area contributed by atoms with Gasteiger partial charge >= 0.3 is 0 Å². The SMILES string of the molecule is CCCCCCCCCCCCc1c(O)cccc1C(CC)CCCCCCCC. The summed E-state index contributed by atoms with van der Waals surface area (Å²) < 4.78 is 0. The van der Waals surface area contributed by atoms with Crippen LogP contribution in [0.15, 0.2) is 18.2 Å². The summed E-state index contributed by atoms with van der Waals surface area (Å²) in [5, 5.41) is 10.5. The molecule has 0 aliphatic heterocycles. The van der Waals surface area contributed by atoms with Crippen molar-refractivity contribution >= 4 is 0 Å². The van der Waals surface area contributed by atoms with E-state index in [2.05, 4.69) is 32.9 Å². The summed E-state index contributed by atoms with van der Waals surface area (Å²) in [6.45, 7) is 6.88. The molecular formula is C29H52O. The molecule has 0 amide bonds. The highest BCUT2D eigenvalue weighted by Crippen LogP contribution is 2.34. The standard InChI is InChI=1S/C29H52O/c1-4-7-9-11-13-14-15-16-18-20-23-28-27(24-21-25-29(28)30)26(6-3)22-19-17-12-10-8-5-2/h21,24-26,30H,4-20,22-23H2,1-3H3. The zero-order valence-electron chi connectivity index (χ0n) is 20.7. The molecule has 0 fully saturated rings. The van der Waals surface area contributed by atoms with E-state index in [1.807, 2.05) is 6.07 Å². The fourth-order valence-corrected chi connectivity index (χ4v) is 4.79. The van der Waals surface area contributed by atoms with Crippen molar-refractivity contribution in [1.29, 1.82) is 0 Å². The lowest BCUT2D eigenvalue weighted by atomic mass is 9.85. The average Bonchev–Trinajstić information content (AvgIpc) is 2.75. The van der Waals surface area contributed by atoms with Crippen LogP contribution in [0, 0.1) is 0 Å². The van der Waals surface area contributed by atoms with E-state index in [4.69, 9.17) is 0 Å². The molecule has 0 bridgehead atoms. The molecule has 1 N–H and O–H groups in total. The van der Waals surface area contributed by atoms with Crippen LogP contribution in [0.4, 0.5) is 0 Å². The Bertz CT molecular complexity index is 507. The van der Waals surface area contributed by atoms with Gasteiger partial charge in [0.1, 0.15) is 5.75 Å². The smallest absolute Gasteiger partial charge is 0.119 e. The second-order valence-electron chi connectivity index (χ2n) is 9.44. The highest BCUT2D eigenvalue weighted by Gasteiger charge is 2.16. The van der Waals surface area contributed by atoms with Gasteiger partial charge in [-0.05, 0) is 48.8 Å². The van der Waals surface area contributed by atoms with E-state index in [-0.39, 0.29) is 0 Å². The summed E-state index contributed by atoms with van der Waals surface area (Å²) >= 11 is 0. The molecule has 174 valence electrons. The Balaban J connectivity index is 2.36. The lowest BCUT2D eigenvalue weighted by molar-refractivity contribution is 0.460. The summed E-state index contributed by atoms with van der Waals surface area (Å²) in [7, 11) is 0. The maximum Gasteiger partial charge on any atom is 0.119 e. The molecule has 0 heterocycles. The van der Waals surface area contributed by atoms with E-state index in [1.54, 1.807) is 0 Å². The van der Waals surface area contributed by atoms with E-state index in [1.165, 1.54) is 127 Å². The van der Waals surface area contributed by atoms with E-state index in [0.717, 1.165) is 6.42 Å². The molecule has 1 aromatic carbocycles. The first-order valence-electron chi connectivity index (χ1n) is 13.5. The maximum atomic E-state index is 10.5. The summed E-state index contributed by atoms with van der Waals surface area (Å²) in [4.78, 5) is 0. The Morgan fingerprint density at radius 3 is 1.67 bits per heavy atom. The molecule has 0 aliphatic rings. The van der Waals surface area contributed by atoms with Crippen LogP contribution in [0.3, 0.4) is 0 Å². The van der Waals surface area contributed by atoms with Crippen molar-refractivity contribution in [1.82, 2.24) is 0 Å². The Hall–Kier alpha value is -0.980. The number of phenols is 1. The molecular weight excluding hydrogens is 364 g/mol. The molecule has 1 atom stereocenters. The molecule has 0 spiro atoms. The fraction of sp³-hybridized carbons (Fsp3) is 0.793. The predicted octanol–water partition coefficient (Wildman–Crippen LogP) is 10.1. The molecule has 0 saturated carbocycles. The first kappa shape index (κ1) is 27.1. The van der Waals surface area contributed by atoms with Crippen molar-refractivity contribution < 1.29 is 5.11 Å². The van der Waals surface area contributed by atoms with E-state index >= 15 is 0 Å². The lowest BCUT2D eigenvalue weighted by Gasteiger charge is -2.20. The minimum Gasteiger partial charge on any atom is -0.508 e. The zero-order valence-corrected chi connectivity index (χ0v) is 20.7. The lowest BCUT2D eigenvalue weighted by Crippen LogP contribution is -2.03. The number of aromatic hydroxyl groups is 1. The predicted molar refractivity (Wildman–Crippen MR) is 135 cm³/mol. The molecule has 0 aromatic heterocycles. The van der Waals surface area contributed by atoms with Crippen LogP contribution in [0.2, 0.25) is 0 Å². The van der Waals surface area contributed by atoms with Gasteiger partial charge in [0.2, 0.25) is 0 Å². The molecule has 0 saturated heterocycles. The summed E-state index contributed by atoms with van der Waals surface area (Å²) in [6, 6.07) is 6.24. The van der Waals surface area contributed by atoms with Gasteiger partial charge in [0.05, 0.1) is 0 Å². The number of phenolic OH excluding ortho intramolecular Hbond substituents is 1. The van der Waals surface area contributed by atoms with Crippen LogP contribution >= 0.6 is 0 Å². The van der Waals surface area contributed by atoms with Gasteiger partial charge in [0, 0.05) is 0 Å². The quantitative estimate of drug-likeness (QED) is 0.210. The number of hydrogen-bond acceptors (Lipinski definition) is 1. The van der Waals surface area contributed by atoms with E-state index in [0.29, 0.717) is 11.7 Å². The van der Waals surface area contributed by atoms with Crippen molar-refractivity contribution in [2.75, 3.05) is 0 Å². The van der Waals surface area contributed by atoms with Gasteiger partial charge in [-0.2, -0.15) is 0 Å². The number of hydrogen-bond donors (Lipinski definition) is 1. The van der Waals surface area contributed by atoms with E-state index < -0.39 is 0 Å².